The lowest BCUT2D eigenvalue weighted by molar-refractivity contribution is 0.324. The molecule has 1 aromatic heterocycles. The minimum atomic E-state index is 0.544. The zero-order chi connectivity index (χ0) is 20.8. The van der Waals surface area contributed by atoms with Crippen LogP contribution in [-0.4, -0.2) is 36.1 Å². The number of hydrogen-bond acceptors (Lipinski definition) is 6. The second-order valence-corrected chi connectivity index (χ2v) is 7.34. The molecule has 0 aliphatic rings. The molecule has 0 spiro atoms. The van der Waals surface area contributed by atoms with Crippen LogP contribution < -0.4 is 14.2 Å². The van der Waals surface area contributed by atoms with Crippen molar-refractivity contribution < 1.29 is 14.2 Å². The van der Waals surface area contributed by atoms with Crippen molar-refractivity contribution in [2.24, 2.45) is 0 Å². The maximum Gasteiger partial charge on any atom is 0.203 e. The normalized spacial score (nSPS) is 10.6. The molecule has 0 aliphatic heterocycles. The molecular weight excluding hydrogens is 386 g/mol. The molecule has 0 unspecified atom stereocenters. The van der Waals surface area contributed by atoms with Gasteiger partial charge in [-0.05, 0) is 24.6 Å². The van der Waals surface area contributed by atoms with Gasteiger partial charge in [-0.1, -0.05) is 47.7 Å². The molecule has 7 heteroatoms. The summed E-state index contributed by atoms with van der Waals surface area (Å²) in [4.78, 5) is 0. The fraction of sp³-hybridized carbons (Fsp3) is 0.273. The van der Waals surface area contributed by atoms with Crippen molar-refractivity contribution in [1.82, 2.24) is 14.8 Å². The second-order valence-electron chi connectivity index (χ2n) is 6.39. The first-order valence-electron chi connectivity index (χ1n) is 9.14. The molecule has 3 rings (SSSR count). The van der Waals surface area contributed by atoms with Crippen molar-refractivity contribution in [2.75, 3.05) is 21.3 Å². The van der Waals surface area contributed by atoms with Crippen LogP contribution in [0, 0.1) is 6.92 Å². The van der Waals surface area contributed by atoms with E-state index in [4.69, 9.17) is 14.2 Å². The van der Waals surface area contributed by atoms with Gasteiger partial charge in [0.2, 0.25) is 5.75 Å². The van der Waals surface area contributed by atoms with E-state index in [1.807, 2.05) is 22.8 Å². The number of methoxy groups -OCH3 is 3. The van der Waals surface area contributed by atoms with Gasteiger partial charge in [-0.2, -0.15) is 0 Å². The van der Waals surface area contributed by atoms with Crippen molar-refractivity contribution in [3.63, 3.8) is 0 Å². The topological polar surface area (TPSA) is 58.4 Å². The molecule has 0 saturated carbocycles. The molecular formula is C22H25N3O3S. The summed E-state index contributed by atoms with van der Waals surface area (Å²) in [6, 6.07) is 12.3. The van der Waals surface area contributed by atoms with E-state index in [2.05, 4.69) is 48.0 Å². The number of benzene rings is 2. The van der Waals surface area contributed by atoms with E-state index in [9.17, 15) is 0 Å². The van der Waals surface area contributed by atoms with Crippen molar-refractivity contribution in [1.29, 1.82) is 0 Å². The van der Waals surface area contributed by atoms with Crippen LogP contribution in [0.1, 0.15) is 11.1 Å². The second kappa shape index (κ2) is 9.52. The van der Waals surface area contributed by atoms with Crippen LogP contribution in [0.15, 0.2) is 54.2 Å². The van der Waals surface area contributed by atoms with E-state index >= 15 is 0 Å². The van der Waals surface area contributed by atoms with Crippen LogP contribution in [0.5, 0.6) is 17.2 Å². The molecule has 2 aromatic carbocycles. The SMILES string of the molecule is C=CCn1c(SCc2ccc(C)cc2)nnc1-c1cc(OC)c(OC)c(OC)c1. The standard InChI is InChI=1S/C22H25N3O3S/c1-6-11-25-21(17-12-18(26-3)20(28-5)19(13-17)27-4)23-24-22(25)29-14-16-9-7-15(2)8-10-16/h6-10,12-13H,1,11,14H2,2-5H3. The molecule has 29 heavy (non-hydrogen) atoms. The average molecular weight is 412 g/mol. The zero-order valence-electron chi connectivity index (χ0n) is 17.1. The van der Waals surface area contributed by atoms with Crippen LogP contribution in [0.4, 0.5) is 0 Å². The molecule has 6 nitrogen and oxygen atoms in total. The highest BCUT2D eigenvalue weighted by molar-refractivity contribution is 7.98. The predicted octanol–water partition coefficient (Wildman–Crippen LogP) is 4.76. The average Bonchev–Trinajstić information content (AvgIpc) is 3.15. The summed E-state index contributed by atoms with van der Waals surface area (Å²) in [7, 11) is 4.77. The van der Waals surface area contributed by atoms with Crippen LogP contribution in [0.2, 0.25) is 0 Å². The number of hydrogen-bond donors (Lipinski definition) is 0. The van der Waals surface area contributed by atoms with Crippen molar-refractivity contribution in [2.45, 2.75) is 24.4 Å². The van der Waals surface area contributed by atoms with Gasteiger partial charge in [-0.3, -0.25) is 4.57 Å². The highest BCUT2D eigenvalue weighted by Gasteiger charge is 2.19. The van der Waals surface area contributed by atoms with E-state index in [0.29, 0.717) is 23.8 Å². The number of thioether (sulfide) groups is 1. The van der Waals surface area contributed by atoms with Gasteiger partial charge in [-0.25, -0.2) is 0 Å². The van der Waals surface area contributed by atoms with Gasteiger partial charge in [0.25, 0.3) is 0 Å². The molecule has 0 radical (unpaired) electrons. The van der Waals surface area contributed by atoms with E-state index < -0.39 is 0 Å². The lowest BCUT2D eigenvalue weighted by Gasteiger charge is -2.14. The van der Waals surface area contributed by atoms with Gasteiger partial charge in [0.15, 0.2) is 22.5 Å². The Kier molecular flexibility index (Phi) is 6.82. The number of aryl methyl sites for hydroxylation is 1. The summed E-state index contributed by atoms with van der Waals surface area (Å²) in [5.41, 5.74) is 3.32. The summed E-state index contributed by atoms with van der Waals surface area (Å²) in [6.07, 6.45) is 1.83. The van der Waals surface area contributed by atoms with E-state index in [0.717, 1.165) is 22.3 Å². The molecule has 0 saturated heterocycles. The van der Waals surface area contributed by atoms with Gasteiger partial charge >= 0.3 is 0 Å². The molecule has 0 aliphatic carbocycles. The number of rotatable bonds is 9. The van der Waals surface area contributed by atoms with Gasteiger partial charge in [-0.15, -0.1) is 16.8 Å². The quantitative estimate of drug-likeness (QED) is 0.374. The predicted molar refractivity (Wildman–Crippen MR) is 116 cm³/mol. The van der Waals surface area contributed by atoms with E-state index in [1.54, 1.807) is 33.1 Å². The maximum atomic E-state index is 5.47. The van der Waals surface area contributed by atoms with Crippen LogP contribution in [-0.2, 0) is 12.3 Å². The lowest BCUT2D eigenvalue weighted by Crippen LogP contribution is -2.02. The van der Waals surface area contributed by atoms with Crippen molar-refractivity contribution in [3.8, 4) is 28.6 Å². The molecule has 0 amide bonds. The van der Waals surface area contributed by atoms with Gasteiger partial charge < -0.3 is 14.2 Å². The molecule has 0 fully saturated rings. The maximum absolute atomic E-state index is 5.47. The molecule has 0 bridgehead atoms. The van der Waals surface area contributed by atoms with Crippen LogP contribution in [0.25, 0.3) is 11.4 Å². The van der Waals surface area contributed by atoms with Crippen LogP contribution in [0.3, 0.4) is 0 Å². The Morgan fingerprint density at radius 1 is 1.00 bits per heavy atom. The third-order valence-corrected chi connectivity index (χ3v) is 5.48. The van der Waals surface area contributed by atoms with Crippen molar-refractivity contribution in [3.05, 3.63) is 60.2 Å². The lowest BCUT2D eigenvalue weighted by atomic mass is 10.1. The van der Waals surface area contributed by atoms with Crippen LogP contribution >= 0.6 is 11.8 Å². The first-order valence-corrected chi connectivity index (χ1v) is 10.1. The summed E-state index contributed by atoms with van der Waals surface area (Å²) < 4.78 is 18.4. The number of aromatic nitrogens is 3. The summed E-state index contributed by atoms with van der Waals surface area (Å²) in [5.74, 6) is 3.22. The highest BCUT2D eigenvalue weighted by atomic mass is 32.2. The minimum Gasteiger partial charge on any atom is -0.493 e. The summed E-state index contributed by atoms with van der Waals surface area (Å²) in [6.45, 7) is 6.56. The fourth-order valence-electron chi connectivity index (χ4n) is 2.95. The van der Waals surface area contributed by atoms with Gasteiger partial charge in [0.05, 0.1) is 21.3 Å². The fourth-order valence-corrected chi connectivity index (χ4v) is 3.85. The highest BCUT2D eigenvalue weighted by Crippen LogP contribution is 2.41. The Balaban J connectivity index is 1.96. The van der Waals surface area contributed by atoms with Gasteiger partial charge in [0, 0.05) is 17.9 Å². The Morgan fingerprint density at radius 3 is 2.21 bits per heavy atom. The zero-order valence-corrected chi connectivity index (χ0v) is 18.0. The van der Waals surface area contributed by atoms with E-state index in [-0.39, 0.29) is 0 Å². The monoisotopic (exact) mass is 411 g/mol. The molecule has 0 N–H and O–H groups in total. The first-order chi connectivity index (χ1) is 14.1. The Labute approximate surface area is 175 Å². The largest absolute Gasteiger partial charge is 0.493 e. The number of nitrogens with zero attached hydrogens (tertiary/aromatic N) is 3. The Morgan fingerprint density at radius 2 is 1.66 bits per heavy atom. The van der Waals surface area contributed by atoms with Gasteiger partial charge in [0.1, 0.15) is 0 Å². The minimum absolute atomic E-state index is 0.544. The third-order valence-electron chi connectivity index (χ3n) is 4.44. The van der Waals surface area contributed by atoms with E-state index in [1.165, 1.54) is 11.1 Å². The third kappa shape index (κ3) is 4.56. The Hall–Kier alpha value is -2.93. The molecule has 0 atom stereocenters. The number of ether oxygens (including phenoxy) is 3. The molecule has 3 aromatic rings. The summed E-state index contributed by atoms with van der Waals surface area (Å²) >= 11 is 1.64. The summed E-state index contributed by atoms with van der Waals surface area (Å²) in [5, 5.41) is 9.67. The number of allylic oxidation sites excluding steroid dienone is 1. The smallest absolute Gasteiger partial charge is 0.203 e. The van der Waals surface area contributed by atoms with Crippen molar-refractivity contribution >= 4 is 11.8 Å². The first kappa shape index (κ1) is 20.8. The Bertz CT molecular complexity index is 958. The molecule has 152 valence electrons. The molecule has 1 heterocycles.